The summed E-state index contributed by atoms with van der Waals surface area (Å²) in [6, 6.07) is 2.22. The van der Waals surface area contributed by atoms with Crippen LogP contribution in [0.3, 0.4) is 0 Å². The van der Waals surface area contributed by atoms with Gasteiger partial charge in [0.1, 0.15) is 0 Å². The van der Waals surface area contributed by atoms with Crippen molar-refractivity contribution in [1.29, 1.82) is 5.26 Å². The predicted octanol–water partition coefficient (Wildman–Crippen LogP) is 1.46. The Bertz CT molecular complexity index is 90.7. The second-order valence-electron chi connectivity index (χ2n) is 1.83. The van der Waals surface area contributed by atoms with Crippen molar-refractivity contribution in [3.8, 4) is 6.07 Å². The predicted molar refractivity (Wildman–Crippen MR) is 31.3 cm³/mol. The van der Waals surface area contributed by atoms with E-state index in [2.05, 4.69) is 11.9 Å². The van der Waals surface area contributed by atoms with Crippen LogP contribution < -0.4 is 0 Å². The van der Waals surface area contributed by atoms with E-state index in [0.717, 1.165) is 0 Å². The van der Waals surface area contributed by atoms with Crippen LogP contribution in [-0.2, 0) is 0 Å². The Labute approximate surface area is 50.9 Å². The summed E-state index contributed by atoms with van der Waals surface area (Å²) in [7, 11) is 0. The van der Waals surface area contributed by atoms with Gasteiger partial charge in [0.05, 0.1) is 0 Å². The molecule has 0 spiro atoms. The minimum atomic E-state index is -0.0486. The molecule has 0 aromatic rings. The number of hydrogen-bond acceptors (Lipinski definition) is 1. The molecule has 1 nitrogen and oxygen atoms in total. The Balaban J connectivity index is 3.66. The molecule has 0 radical (unpaired) electrons. The quantitative estimate of drug-likeness (QED) is 0.535. The molecule has 0 aromatic carbocycles. The zero-order valence-electron chi connectivity index (χ0n) is 4.86. The van der Waals surface area contributed by atoms with E-state index in [9.17, 15) is 0 Å². The first-order chi connectivity index (χ1) is 3.12. The van der Waals surface area contributed by atoms with E-state index in [-0.39, 0.29) is 4.31 Å². The molecule has 0 aromatic heterocycles. The molecule has 0 unspecified atom stereocenters. The molecule has 0 bridgehead atoms. The molecule has 0 aliphatic rings. The van der Waals surface area contributed by atoms with Crippen molar-refractivity contribution in [2.24, 2.45) is 0 Å². The van der Waals surface area contributed by atoms with E-state index >= 15 is 0 Å². The van der Waals surface area contributed by atoms with Gasteiger partial charge in [-0.2, -0.15) is 0 Å². The summed E-state index contributed by atoms with van der Waals surface area (Å²) in [4.78, 5) is 0. The van der Waals surface area contributed by atoms with Crippen LogP contribution in [0.1, 0.15) is 13.8 Å². The SMILES string of the molecule is C[Se]C(C)(C)C#N. The van der Waals surface area contributed by atoms with Crippen LogP contribution in [0.5, 0.6) is 0 Å². The van der Waals surface area contributed by atoms with Gasteiger partial charge in [-0.25, -0.2) is 0 Å². The molecule has 0 heterocycles. The molecule has 0 aliphatic carbocycles. The Hall–Kier alpha value is 0.00948. The van der Waals surface area contributed by atoms with Crippen LogP contribution in [0, 0.1) is 11.3 Å². The second kappa shape index (κ2) is 2.35. The first-order valence-electron chi connectivity index (χ1n) is 2.09. The molecule has 0 saturated heterocycles. The second-order valence-corrected chi connectivity index (χ2v) is 4.82. The van der Waals surface area contributed by atoms with Gasteiger partial charge in [-0.1, -0.05) is 0 Å². The van der Waals surface area contributed by atoms with Gasteiger partial charge in [0.25, 0.3) is 0 Å². The maximum absolute atomic E-state index is 8.36. The molecular weight excluding hydrogens is 153 g/mol. The number of hydrogen-bond donors (Lipinski definition) is 0. The molecule has 0 amide bonds. The fraction of sp³-hybridized carbons (Fsp3) is 0.800. The average molecular weight is 162 g/mol. The molecule has 2 heteroatoms. The van der Waals surface area contributed by atoms with E-state index in [4.69, 9.17) is 5.26 Å². The van der Waals surface area contributed by atoms with Crippen LogP contribution in [0.2, 0.25) is 10.1 Å². The van der Waals surface area contributed by atoms with E-state index in [0.29, 0.717) is 15.0 Å². The van der Waals surface area contributed by atoms with Gasteiger partial charge in [-0.05, 0) is 0 Å². The summed E-state index contributed by atoms with van der Waals surface area (Å²) in [5, 5.41) is 8.36. The molecule has 0 rings (SSSR count). The van der Waals surface area contributed by atoms with Crippen LogP contribution in [0.25, 0.3) is 0 Å². The van der Waals surface area contributed by atoms with Gasteiger partial charge in [-0.3, -0.25) is 0 Å². The van der Waals surface area contributed by atoms with Crippen molar-refractivity contribution in [1.82, 2.24) is 0 Å². The van der Waals surface area contributed by atoms with Crippen molar-refractivity contribution < 1.29 is 0 Å². The van der Waals surface area contributed by atoms with Crippen molar-refractivity contribution >= 4 is 15.0 Å². The van der Waals surface area contributed by atoms with Gasteiger partial charge in [0.15, 0.2) is 0 Å². The molecule has 40 valence electrons. The minimum absolute atomic E-state index is 0.0486. The standard InChI is InChI=1S/C5H9NSe/c1-5(2,4-6)7-3/h1-3H3. The van der Waals surface area contributed by atoms with Crippen molar-refractivity contribution in [3.05, 3.63) is 0 Å². The fourth-order valence-corrected chi connectivity index (χ4v) is 0.237. The monoisotopic (exact) mass is 163 g/mol. The van der Waals surface area contributed by atoms with E-state index < -0.39 is 0 Å². The first-order valence-corrected chi connectivity index (χ1v) is 4.66. The van der Waals surface area contributed by atoms with Crippen LogP contribution in [-0.4, -0.2) is 15.0 Å². The normalized spacial score (nSPS) is 10.6. The summed E-state index contributed by atoms with van der Waals surface area (Å²) in [5.41, 5.74) is 0. The molecule has 0 N–H and O–H groups in total. The molecular formula is C5H9NSe. The third kappa shape index (κ3) is 2.68. The van der Waals surface area contributed by atoms with Gasteiger partial charge in [0, 0.05) is 0 Å². The summed E-state index contributed by atoms with van der Waals surface area (Å²) in [5.74, 6) is 2.08. The summed E-state index contributed by atoms with van der Waals surface area (Å²) in [6.45, 7) is 3.93. The van der Waals surface area contributed by atoms with Crippen LogP contribution in [0.4, 0.5) is 0 Å². The van der Waals surface area contributed by atoms with Gasteiger partial charge >= 0.3 is 50.3 Å². The number of nitrogens with zero attached hydrogens (tertiary/aromatic N) is 1. The van der Waals surface area contributed by atoms with E-state index in [1.54, 1.807) is 0 Å². The van der Waals surface area contributed by atoms with Gasteiger partial charge in [0.2, 0.25) is 0 Å². The zero-order chi connectivity index (χ0) is 5.91. The Morgan fingerprint density at radius 3 is 2.00 bits per heavy atom. The third-order valence-corrected chi connectivity index (χ3v) is 3.11. The molecule has 0 aliphatic heterocycles. The van der Waals surface area contributed by atoms with Crippen molar-refractivity contribution in [2.45, 2.75) is 24.0 Å². The number of rotatable bonds is 1. The molecule has 0 fully saturated rings. The van der Waals surface area contributed by atoms with E-state index in [1.807, 2.05) is 13.8 Å². The Kier molecular flexibility index (Phi) is 2.35. The van der Waals surface area contributed by atoms with Crippen LogP contribution >= 0.6 is 0 Å². The summed E-state index contributed by atoms with van der Waals surface area (Å²) >= 11 is 0.460. The first kappa shape index (κ1) is 7.01. The van der Waals surface area contributed by atoms with Crippen LogP contribution in [0.15, 0.2) is 0 Å². The van der Waals surface area contributed by atoms with E-state index in [1.165, 1.54) is 0 Å². The Morgan fingerprint density at radius 2 is 2.00 bits per heavy atom. The van der Waals surface area contributed by atoms with Crippen molar-refractivity contribution in [2.75, 3.05) is 0 Å². The Morgan fingerprint density at radius 1 is 1.57 bits per heavy atom. The molecule has 0 saturated carbocycles. The topological polar surface area (TPSA) is 23.8 Å². The van der Waals surface area contributed by atoms with Crippen molar-refractivity contribution in [3.63, 3.8) is 0 Å². The maximum atomic E-state index is 8.36. The zero-order valence-corrected chi connectivity index (χ0v) is 6.57. The number of nitriles is 1. The van der Waals surface area contributed by atoms with Gasteiger partial charge < -0.3 is 0 Å². The summed E-state index contributed by atoms with van der Waals surface area (Å²) in [6.07, 6.45) is 0. The third-order valence-electron chi connectivity index (χ3n) is 0.780. The summed E-state index contributed by atoms with van der Waals surface area (Å²) < 4.78 is -0.0486. The van der Waals surface area contributed by atoms with Gasteiger partial charge in [-0.15, -0.1) is 0 Å². The molecule has 0 atom stereocenters. The molecule has 7 heavy (non-hydrogen) atoms. The average Bonchev–Trinajstić information content (AvgIpc) is 1.68. The fourth-order valence-electron chi connectivity index (χ4n) is 0.0456.